The third kappa shape index (κ3) is 3.37. The van der Waals surface area contributed by atoms with Crippen molar-refractivity contribution < 1.29 is 9.90 Å². The number of hydrogen-bond acceptors (Lipinski definition) is 3. The molecule has 3 nitrogen and oxygen atoms in total. The fraction of sp³-hybridized carbons (Fsp3) is 0.800. The zero-order valence-corrected chi connectivity index (χ0v) is 6.19. The van der Waals surface area contributed by atoms with E-state index in [1.807, 2.05) is 0 Å². The summed E-state index contributed by atoms with van der Waals surface area (Å²) in [6, 6.07) is -0.442. The molecule has 0 aliphatic heterocycles. The normalized spacial score (nSPS) is 13.1. The van der Waals surface area contributed by atoms with Gasteiger partial charge in [-0.2, -0.15) is 12.6 Å². The average Bonchev–Trinajstić information content (AvgIpc) is 1.82. The van der Waals surface area contributed by atoms with Crippen LogP contribution in [0, 0.1) is 0 Å². The zero-order chi connectivity index (χ0) is 7.28. The molecule has 0 aromatic rings. The average molecular weight is 149 g/mol. The molecule has 0 aliphatic rings. The van der Waals surface area contributed by atoms with E-state index in [0.717, 1.165) is 0 Å². The maximum Gasteiger partial charge on any atom is 0.320 e. The molecule has 0 aliphatic carbocycles. The maximum absolute atomic E-state index is 10.2. The smallest absolute Gasteiger partial charge is 0.320 e. The fourth-order valence-corrected chi connectivity index (χ4v) is 0.779. The van der Waals surface area contributed by atoms with Crippen LogP contribution in [0.25, 0.3) is 0 Å². The Morgan fingerprint density at radius 1 is 1.89 bits per heavy atom. The van der Waals surface area contributed by atoms with Crippen LogP contribution in [-0.2, 0) is 4.79 Å². The summed E-state index contributed by atoms with van der Waals surface area (Å²) in [5.41, 5.74) is 0. The number of nitrogens with one attached hydrogen (secondary N) is 1. The first-order valence-corrected chi connectivity index (χ1v) is 3.36. The second kappa shape index (κ2) is 4.64. The van der Waals surface area contributed by atoms with Gasteiger partial charge in [0, 0.05) is 0 Å². The first-order valence-electron chi connectivity index (χ1n) is 2.73. The van der Waals surface area contributed by atoms with E-state index in [4.69, 9.17) is 5.11 Å². The molecular formula is C5H11NO2S. The number of aliphatic carboxylic acids is 1. The number of carboxylic acids is 1. The van der Waals surface area contributed by atoms with Crippen molar-refractivity contribution in [3.8, 4) is 0 Å². The summed E-state index contributed by atoms with van der Waals surface area (Å²) >= 11 is 3.91. The van der Waals surface area contributed by atoms with Gasteiger partial charge in [0.1, 0.15) is 6.04 Å². The van der Waals surface area contributed by atoms with Crippen LogP contribution in [0.4, 0.5) is 0 Å². The SMILES string of the molecule is CN[C@H](CCS)C(=O)O. The summed E-state index contributed by atoms with van der Waals surface area (Å²) in [5, 5.41) is 11.1. The second-order valence-corrected chi connectivity index (χ2v) is 2.14. The van der Waals surface area contributed by atoms with Gasteiger partial charge in [-0.3, -0.25) is 4.79 Å². The Balaban J connectivity index is 3.54. The Kier molecular flexibility index (Phi) is 4.53. The zero-order valence-electron chi connectivity index (χ0n) is 5.29. The second-order valence-electron chi connectivity index (χ2n) is 1.69. The summed E-state index contributed by atoms with van der Waals surface area (Å²) in [6.07, 6.45) is 0.564. The molecule has 0 spiro atoms. The Morgan fingerprint density at radius 2 is 2.44 bits per heavy atom. The third-order valence-corrected chi connectivity index (χ3v) is 1.32. The number of hydrogen-bond donors (Lipinski definition) is 3. The van der Waals surface area contributed by atoms with Crippen molar-refractivity contribution in [2.24, 2.45) is 0 Å². The van der Waals surface area contributed by atoms with Crippen LogP contribution >= 0.6 is 12.6 Å². The Morgan fingerprint density at radius 3 is 2.56 bits per heavy atom. The van der Waals surface area contributed by atoms with Crippen molar-refractivity contribution in [2.75, 3.05) is 12.8 Å². The quantitative estimate of drug-likeness (QED) is 0.492. The minimum absolute atomic E-state index is 0.442. The molecule has 4 heteroatoms. The molecule has 0 saturated carbocycles. The lowest BCUT2D eigenvalue weighted by Gasteiger charge is -2.07. The van der Waals surface area contributed by atoms with Gasteiger partial charge in [0.2, 0.25) is 0 Å². The van der Waals surface area contributed by atoms with Crippen molar-refractivity contribution in [2.45, 2.75) is 12.5 Å². The standard InChI is InChI=1S/C5H11NO2S/c1-6-4(2-3-9)5(7)8/h4,6,9H,2-3H2,1H3,(H,7,8)/t4-/m1/s1. The highest BCUT2D eigenvalue weighted by molar-refractivity contribution is 7.80. The van der Waals surface area contributed by atoms with Crippen molar-refractivity contribution in [1.29, 1.82) is 0 Å². The molecular weight excluding hydrogens is 138 g/mol. The van der Waals surface area contributed by atoms with Crippen LogP contribution in [0.3, 0.4) is 0 Å². The fourth-order valence-electron chi connectivity index (χ4n) is 0.520. The van der Waals surface area contributed by atoms with Gasteiger partial charge in [-0.05, 0) is 19.2 Å². The third-order valence-electron chi connectivity index (χ3n) is 1.06. The number of carboxylic acid groups (broad SMARTS) is 1. The van der Waals surface area contributed by atoms with Gasteiger partial charge >= 0.3 is 5.97 Å². The van der Waals surface area contributed by atoms with Crippen LogP contribution in [0.1, 0.15) is 6.42 Å². The number of thiol groups is 1. The monoisotopic (exact) mass is 149 g/mol. The topological polar surface area (TPSA) is 49.3 Å². The van der Waals surface area contributed by atoms with Gasteiger partial charge in [-0.25, -0.2) is 0 Å². The van der Waals surface area contributed by atoms with Crippen molar-refractivity contribution in [1.82, 2.24) is 5.32 Å². The van der Waals surface area contributed by atoms with E-state index < -0.39 is 12.0 Å². The van der Waals surface area contributed by atoms with E-state index in [1.165, 1.54) is 0 Å². The molecule has 0 fully saturated rings. The molecule has 9 heavy (non-hydrogen) atoms. The van der Waals surface area contributed by atoms with E-state index in [1.54, 1.807) is 7.05 Å². The van der Waals surface area contributed by atoms with Gasteiger partial charge in [0.05, 0.1) is 0 Å². The van der Waals surface area contributed by atoms with Crippen LogP contribution in [0.2, 0.25) is 0 Å². The molecule has 0 radical (unpaired) electrons. The highest BCUT2D eigenvalue weighted by atomic mass is 32.1. The predicted octanol–water partition coefficient (Wildman–Crippen LogP) is -0.0211. The molecule has 2 N–H and O–H groups in total. The van der Waals surface area contributed by atoms with E-state index in [-0.39, 0.29) is 0 Å². The molecule has 1 atom stereocenters. The summed E-state index contributed by atoms with van der Waals surface area (Å²) in [7, 11) is 1.63. The van der Waals surface area contributed by atoms with Crippen molar-refractivity contribution >= 4 is 18.6 Å². The van der Waals surface area contributed by atoms with E-state index in [0.29, 0.717) is 12.2 Å². The molecule has 0 aromatic heterocycles. The van der Waals surface area contributed by atoms with Crippen molar-refractivity contribution in [3.05, 3.63) is 0 Å². The maximum atomic E-state index is 10.2. The molecule has 0 rings (SSSR count). The lowest BCUT2D eigenvalue weighted by atomic mass is 10.2. The lowest BCUT2D eigenvalue weighted by molar-refractivity contribution is -0.139. The Hall–Kier alpha value is -0.220. The molecule has 54 valence electrons. The van der Waals surface area contributed by atoms with Crippen molar-refractivity contribution in [3.63, 3.8) is 0 Å². The largest absolute Gasteiger partial charge is 0.480 e. The molecule has 0 unspecified atom stereocenters. The van der Waals surface area contributed by atoms with Gasteiger partial charge in [0.25, 0.3) is 0 Å². The lowest BCUT2D eigenvalue weighted by Crippen LogP contribution is -2.33. The van der Waals surface area contributed by atoms with E-state index in [2.05, 4.69) is 17.9 Å². The number of carbonyl (C=O) groups is 1. The summed E-state index contributed by atoms with van der Waals surface area (Å²) in [5.74, 6) is -0.218. The minimum Gasteiger partial charge on any atom is -0.480 e. The first-order chi connectivity index (χ1) is 4.22. The van der Waals surface area contributed by atoms with Gasteiger partial charge in [-0.1, -0.05) is 0 Å². The molecule has 0 heterocycles. The van der Waals surface area contributed by atoms with E-state index >= 15 is 0 Å². The van der Waals surface area contributed by atoms with Gasteiger partial charge in [0.15, 0.2) is 0 Å². The van der Waals surface area contributed by atoms with Crippen LogP contribution in [0.5, 0.6) is 0 Å². The highest BCUT2D eigenvalue weighted by Gasteiger charge is 2.11. The van der Waals surface area contributed by atoms with Crippen LogP contribution in [-0.4, -0.2) is 29.9 Å². The molecule has 0 amide bonds. The van der Waals surface area contributed by atoms with Crippen LogP contribution in [0.15, 0.2) is 0 Å². The van der Waals surface area contributed by atoms with Gasteiger partial charge < -0.3 is 10.4 Å². The summed E-state index contributed by atoms with van der Waals surface area (Å²) < 4.78 is 0. The molecule has 0 bridgehead atoms. The summed E-state index contributed by atoms with van der Waals surface area (Å²) in [4.78, 5) is 10.2. The molecule has 0 aromatic carbocycles. The number of likely N-dealkylation sites (N-methyl/N-ethyl adjacent to an activating group) is 1. The Bertz CT molecular complexity index is 97.0. The Labute approximate surface area is 59.9 Å². The first kappa shape index (κ1) is 8.78. The predicted molar refractivity (Wildman–Crippen MR) is 39.0 cm³/mol. The highest BCUT2D eigenvalue weighted by Crippen LogP contribution is 1.92. The summed E-state index contributed by atoms with van der Waals surface area (Å²) in [6.45, 7) is 0. The number of rotatable bonds is 4. The van der Waals surface area contributed by atoms with Gasteiger partial charge in [-0.15, -0.1) is 0 Å². The molecule has 0 saturated heterocycles. The minimum atomic E-state index is -0.813. The van der Waals surface area contributed by atoms with E-state index in [9.17, 15) is 4.79 Å². The van der Waals surface area contributed by atoms with Crippen LogP contribution < -0.4 is 5.32 Å².